The van der Waals surface area contributed by atoms with Crippen LogP contribution in [0.15, 0.2) is 54.6 Å². The zero-order chi connectivity index (χ0) is 21.7. The van der Waals surface area contributed by atoms with Gasteiger partial charge >= 0.3 is 5.97 Å². The summed E-state index contributed by atoms with van der Waals surface area (Å²) >= 11 is 0. The second-order valence-corrected chi connectivity index (χ2v) is 6.91. The van der Waals surface area contributed by atoms with E-state index in [-0.39, 0.29) is 24.1 Å². The van der Waals surface area contributed by atoms with Crippen molar-refractivity contribution in [3.05, 3.63) is 66.1 Å². The van der Waals surface area contributed by atoms with E-state index in [0.29, 0.717) is 22.6 Å². The zero-order valence-corrected chi connectivity index (χ0v) is 17.2. The molecule has 0 radical (unpaired) electrons. The highest BCUT2D eigenvalue weighted by molar-refractivity contribution is 5.93. The number of amides is 1. The molecule has 0 fully saturated rings. The summed E-state index contributed by atoms with van der Waals surface area (Å²) in [4.78, 5) is 24.5. The van der Waals surface area contributed by atoms with Crippen LogP contribution in [0.25, 0.3) is 16.9 Å². The van der Waals surface area contributed by atoms with Crippen molar-refractivity contribution in [3.63, 3.8) is 0 Å². The average Bonchev–Trinajstić information content (AvgIpc) is 3.19. The standard InChI is InChI=1S/C23H24FN3O3/c1-4-15(3)22(28)25-18-10-6-8-16(12-18)21-14-20(23(29)30-5-2)26-27(21)19-11-7-9-17(24)13-19/h6-15H,4-5H2,1-3H3,(H,25,28)/t15-/m1/s1. The van der Waals surface area contributed by atoms with E-state index in [1.807, 2.05) is 19.9 Å². The SMILES string of the molecule is CCOC(=O)c1cc(-c2cccc(NC(=O)[C@H](C)CC)c2)n(-c2cccc(F)c2)n1. The van der Waals surface area contributed by atoms with Gasteiger partial charge in [-0.2, -0.15) is 5.10 Å². The molecular weight excluding hydrogens is 385 g/mol. The van der Waals surface area contributed by atoms with E-state index in [2.05, 4.69) is 10.4 Å². The van der Waals surface area contributed by atoms with E-state index < -0.39 is 11.8 Å². The molecule has 0 unspecified atom stereocenters. The number of hydrogen-bond donors (Lipinski definition) is 1. The van der Waals surface area contributed by atoms with Gasteiger partial charge in [-0.3, -0.25) is 4.79 Å². The molecule has 0 saturated heterocycles. The summed E-state index contributed by atoms with van der Waals surface area (Å²) in [6.07, 6.45) is 0.737. The number of nitrogens with one attached hydrogen (secondary N) is 1. The van der Waals surface area contributed by atoms with Gasteiger partial charge in [0.25, 0.3) is 0 Å². The third-order valence-electron chi connectivity index (χ3n) is 4.73. The Morgan fingerprint density at radius 3 is 2.60 bits per heavy atom. The van der Waals surface area contributed by atoms with Crippen LogP contribution in [0, 0.1) is 11.7 Å². The Kier molecular flexibility index (Phi) is 6.61. The first-order valence-electron chi connectivity index (χ1n) is 9.87. The lowest BCUT2D eigenvalue weighted by molar-refractivity contribution is -0.119. The fourth-order valence-electron chi connectivity index (χ4n) is 2.90. The predicted molar refractivity (Wildman–Crippen MR) is 113 cm³/mol. The van der Waals surface area contributed by atoms with Crippen molar-refractivity contribution in [3.8, 4) is 16.9 Å². The second-order valence-electron chi connectivity index (χ2n) is 6.91. The minimum atomic E-state index is -0.560. The van der Waals surface area contributed by atoms with Gasteiger partial charge in [-0.15, -0.1) is 0 Å². The number of ether oxygens (including phenoxy) is 1. The fourth-order valence-corrected chi connectivity index (χ4v) is 2.90. The summed E-state index contributed by atoms with van der Waals surface area (Å²) in [6.45, 7) is 5.75. The summed E-state index contributed by atoms with van der Waals surface area (Å²) in [5.41, 5.74) is 2.50. The van der Waals surface area contributed by atoms with Crippen LogP contribution in [0.4, 0.5) is 10.1 Å². The van der Waals surface area contributed by atoms with Gasteiger partial charge in [0.15, 0.2) is 5.69 Å². The molecule has 6 nitrogen and oxygen atoms in total. The molecule has 2 aromatic carbocycles. The highest BCUT2D eigenvalue weighted by Gasteiger charge is 2.19. The third-order valence-corrected chi connectivity index (χ3v) is 4.73. The van der Waals surface area contributed by atoms with Crippen molar-refractivity contribution in [2.75, 3.05) is 11.9 Å². The molecule has 1 heterocycles. The molecule has 1 aromatic heterocycles. The van der Waals surface area contributed by atoms with Crippen LogP contribution in [-0.2, 0) is 9.53 Å². The number of anilines is 1. The molecule has 0 spiro atoms. The van der Waals surface area contributed by atoms with Gasteiger partial charge in [0.05, 0.1) is 18.0 Å². The van der Waals surface area contributed by atoms with Gasteiger partial charge in [0.2, 0.25) is 5.91 Å². The monoisotopic (exact) mass is 409 g/mol. The first-order chi connectivity index (χ1) is 14.4. The number of carbonyl (C=O) groups excluding carboxylic acids is 2. The normalized spacial score (nSPS) is 11.7. The summed E-state index contributed by atoms with van der Waals surface area (Å²) in [5, 5.41) is 7.24. The lowest BCUT2D eigenvalue weighted by Gasteiger charge is -2.12. The number of halogens is 1. The van der Waals surface area contributed by atoms with Crippen LogP contribution >= 0.6 is 0 Å². The Morgan fingerprint density at radius 1 is 1.13 bits per heavy atom. The molecule has 1 atom stereocenters. The topological polar surface area (TPSA) is 73.2 Å². The molecule has 0 aliphatic carbocycles. The molecule has 1 N–H and O–H groups in total. The number of nitrogens with zero attached hydrogens (tertiary/aromatic N) is 2. The van der Waals surface area contributed by atoms with Crippen molar-refractivity contribution >= 4 is 17.6 Å². The third kappa shape index (κ3) is 4.74. The van der Waals surface area contributed by atoms with Crippen LogP contribution in [0.5, 0.6) is 0 Å². The Labute approximate surface area is 174 Å². The lowest BCUT2D eigenvalue weighted by Crippen LogP contribution is -2.19. The van der Waals surface area contributed by atoms with Crippen LogP contribution in [0.2, 0.25) is 0 Å². The van der Waals surface area contributed by atoms with Crippen molar-refractivity contribution in [2.45, 2.75) is 27.2 Å². The number of hydrogen-bond acceptors (Lipinski definition) is 4. The molecule has 30 heavy (non-hydrogen) atoms. The Balaban J connectivity index is 2.05. The summed E-state index contributed by atoms with van der Waals surface area (Å²) < 4.78 is 20.4. The van der Waals surface area contributed by atoms with E-state index >= 15 is 0 Å². The van der Waals surface area contributed by atoms with Crippen LogP contribution in [0.1, 0.15) is 37.7 Å². The Bertz CT molecular complexity index is 1060. The second kappa shape index (κ2) is 9.35. The van der Waals surface area contributed by atoms with Crippen LogP contribution in [0.3, 0.4) is 0 Å². The largest absolute Gasteiger partial charge is 0.461 e. The predicted octanol–water partition coefficient (Wildman–Crippen LogP) is 4.84. The number of esters is 1. The van der Waals surface area contributed by atoms with Gasteiger partial charge in [-0.05, 0) is 49.7 Å². The lowest BCUT2D eigenvalue weighted by atomic mass is 10.1. The van der Waals surface area contributed by atoms with E-state index in [0.717, 1.165) is 6.42 Å². The van der Waals surface area contributed by atoms with Crippen molar-refractivity contribution in [2.24, 2.45) is 5.92 Å². The van der Waals surface area contributed by atoms with Crippen molar-refractivity contribution in [1.82, 2.24) is 9.78 Å². The summed E-state index contributed by atoms with van der Waals surface area (Å²) in [7, 11) is 0. The van der Waals surface area contributed by atoms with Gasteiger partial charge in [-0.25, -0.2) is 13.9 Å². The van der Waals surface area contributed by atoms with E-state index in [1.54, 1.807) is 43.3 Å². The molecule has 3 aromatic rings. The molecule has 0 saturated carbocycles. The highest BCUT2D eigenvalue weighted by atomic mass is 19.1. The smallest absolute Gasteiger partial charge is 0.358 e. The molecule has 0 aliphatic heterocycles. The first-order valence-corrected chi connectivity index (χ1v) is 9.87. The summed E-state index contributed by atoms with van der Waals surface area (Å²) in [6, 6.07) is 14.8. The Hall–Kier alpha value is -3.48. The van der Waals surface area contributed by atoms with Crippen molar-refractivity contribution < 1.29 is 18.7 Å². The number of rotatable bonds is 7. The zero-order valence-electron chi connectivity index (χ0n) is 17.2. The van der Waals surface area contributed by atoms with E-state index in [9.17, 15) is 14.0 Å². The minimum Gasteiger partial charge on any atom is -0.461 e. The van der Waals surface area contributed by atoms with Crippen molar-refractivity contribution in [1.29, 1.82) is 0 Å². The van der Waals surface area contributed by atoms with Gasteiger partial charge in [0, 0.05) is 17.2 Å². The molecule has 0 aliphatic rings. The molecule has 0 bridgehead atoms. The maximum absolute atomic E-state index is 13.8. The first kappa shape index (κ1) is 21.2. The van der Waals surface area contributed by atoms with Crippen LogP contribution < -0.4 is 5.32 Å². The number of benzene rings is 2. The average molecular weight is 409 g/mol. The maximum atomic E-state index is 13.8. The fraction of sp³-hybridized carbons (Fsp3) is 0.261. The Morgan fingerprint density at radius 2 is 1.90 bits per heavy atom. The van der Waals surface area contributed by atoms with Crippen LogP contribution in [-0.4, -0.2) is 28.3 Å². The maximum Gasteiger partial charge on any atom is 0.358 e. The highest BCUT2D eigenvalue weighted by Crippen LogP contribution is 2.27. The molecule has 156 valence electrons. The van der Waals surface area contributed by atoms with Gasteiger partial charge in [0.1, 0.15) is 5.82 Å². The van der Waals surface area contributed by atoms with E-state index in [1.165, 1.54) is 16.8 Å². The minimum absolute atomic E-state index is 0.0690. The van der Waals surface area contributed by atoms with Gasteiger partial charge < -0.3 is 10.1 Å². The summed E-state index contributed by atoms with van der Waals surface area (Å²) in [5.74, 6) is -1.15. The number of aromatic nitrogens is 2. The molecule has 1 amide bonds. The van der Waals surface area contributed by atoms with E-state index in [4.69, 9.17) is 4.74 Å². The molecular formula is C23H24FN3O3. The van der Waals surface area contributed by atoms with Gasteiger partial charge in [-0.1, -0.05) is 32.0 Å². The molecule has 3 rings (SSSR count). The molecule has 7 heteroatoms. The quantitative estimate of drug-likeness (QED) is 0.567. The number of carbonyl (C=O) groups is 2.